The zero-order chi connectivity index (χ0) is 27.8. The Bertz CT molecular complexity index is 1330. The number of rotatable bonds is 16. The summed E-state index contributed by atoms with van der Waals surface area (Å²) in [6.45, 7) is 2.70. The van der Waals surface area contributed by atoms with Crippen LogP contribution in [0.3, 0.4) is 0 Å². The first-order chi connectivity index (χ1) is 19.7. The lowest BCUT2D eigenvalue weighted by atomic mass is 10.2. The Balaban J connectivity index is 1.18. The van der Waals surface area contributed by atoms with Crippen molar-refractivity contribution in [2.45, 2.75) is 6.54 Å². The minimum absolute atomic E-state index is 0.127. The summed E-state index contributed by atoms with van der Waals surface area (Å²) in [6, 6.07) is 25.1. The van der Waals surface area contributed by atoms with Crippen molar-refractivity contribution in [1.82, 2.24) is 20.3 Å². The van der Waals surface area contributed by atoms with Crippen LogP contribution in [0.5, 0.6) is 0 Å². The molecule has 0 spiro atoms. The van der Waals surface area contributed by atoms with Gasteiger partial charge in [0.05, 0.1) is 26.4 Å². The Kier molecular flexibility index (Phi) is 11.2. The highest BCUT2D eigenvalue weighted by Gasteiger charge is 2.09. The number of carbonyl (C=O) groups excluding carboxylic acids is 1. The van der Waals surface area contributed by atoms with Gasteiger partial charge in [0.2, 0.25) is 17.8 Å². The summed E-state index contributed by atoms with van der Waals surface area (Å²) in [5.41, 5.74) is 1.94. The van der Waals surface area contributed by atoms with Crippen molar-refractivity contribution in [1.29, 1.82) is 0 Å². The van der Waals surface area contributed by atoms with Crippen LogP contribution in [0.15, 0.2) is 84.9 Å². The van der Waals surface area contributed by atoms with Gasteiger partial charge in [-0.2, -0.15) is 15.0 Å². The number of para-hydroxylation sites is 1. The Morgan fingerprint density at radius 3 is 2.00 bits per heavy atom. The number of hydrogen-bond donors (Lipinski definition) is 4. The molecule has 0 saturated carbocycles. The van der Waals surface area contributed by atoms with Crippen LogP contribution in [0, 0.1) is 5.82 Å². The maximum Gasteiger partial charge on any atom is 0.251 e. The molecular weight excluding hydrogens is 513 g/mol. The average Bonchev–Trinajstić information content (AvgIpc) is 2.98. The number of halogens is 1. The standard InChI is InChI=1S/C29H32FN7O3/c30-25-14-8-7-11-23(25)21-33-28-35-27(36-29(37-28)34-24-12-5-2-6-13-24)32-16-18-40-20-19-39-17-15-31-26(38)22-9-3-1-4-10-22/h1-14H,15-21H2,(H,31,38)(H3,32,33,34,35,36,37). The van der Waals surface area contributed by atoms with E-state index >= 15 is 0 Å². The molecule has 0 radical (unpaired) electrons. The Morgan fingerprint density at radius 2 is 1.27 bits per heavy atom. The molecule has 0 atom stereocenters. The minimum atomic E-state index is -0.303. The van der Waals surface area contributed by atoms with Gasteiger partial charge in [0.15, 0.2) is 0 Å². The lowest BCUT2D eigenvalue weighted by Gasteiger charge is -2.12. The number of nitrogens with zero attached hydrogens (tertiary/aromatic N) is 3. The molecular formula is C29H32FN7O3. The van der Waals surface area contributed by atoms with Crippen LogP contribution in [0.1, 0.15) is 15.9 Å². The van der Waals surface area contributed by atoms with Crippen LogP contribution in [0.2, 0.25) is 0 Å². The molecule has 1 heterocycles. The van der Waals surface area contributed by atoms with Gasteiger partial charge in [-0.1, -0.05) is 54.6 Å². The summed E-state index contributed by atoms with van der Waals surface area (Å²) in [5, 5.41) is 12.2. The van der Waals surface area contributed by atoms with Crippen LogP contribution in [0.25, 0.3) is 0 Å². The van der Waals surface area contributed by atoms with Gasteiger partial charge in [-0.15, -0.1) is 0 Å². The normalized spacial score (nSPS) is 10.6. The molecule has 0 unspecified atom stereocenters. The molecule has 0 aliphatic rings. The smallest absolute Gasteiger partial charge is 0.251 e. The van der Waals surface area contributed by atoms with Gasteiger partial charge in [0, 0.05) is 36.4 Å². The average molecular weight is 546 g/mol. The van der Waals surface area contributed by atoms with E-state index in [0.29, 0.717) is 68.5 Å². The molecule has 11 heteroatoms. The van der Waals surface area contributed by atoms with Crippen molar-refractivity contribution >= 4 is 29.4 Å². The SMILES string of the molecule is O=C(NCCOCCOCCNc1nc(NCc2ccccc2F)nc(Nc2ccccc2)n1)c1ccccc1. The van der Waals surface area contributed by atoms with Crippen molar-refractivity contribution in [3.8, 4) is 0 Å². The largest absolute Gasteiger partial charge is 0.377 e. The quantitative estimate of drug-likeness (QED) is 0.153. The Labute approximate surface area is 232 Å². The predicted molar refractivity (Wildman–Crippen MR) is 152 cm³/mol. The number of anilines is 4. The second-order valence-electron chi connectivity index (χ2n) is 8.52. The third kappa shape index (κ3) is 9.61. The van der Waals surface area contributed by atoms with Gasteiger partial charge in [-0.25, -0.2) is 4.39 Å². The molecule has 4 rings (SSSR count). The van der Waals surface area contributed by atoms with Gasteiger partial charge in [-0.05, 0) is 30.3 Å². The van der Waals surface area contributed by atoms with Crippen molar-refractivity contribution in [2.75, 3.05) is 55.5 Å². The highest BCUT2D eigenvalue weighted by atomic mass is 19.1. The Morgan fingerprint density at radius 1 is 0.675 bits per heavy atom. The monoisotopic (exact) mass is 545 g/mol. The van der Waals surface area contributed by atoms with Gasteiger partial charge < -0.3 is 30.7 Å². The number of hydrogen-bond acceptors (Lipinski definition) is 9. The fourth-order valence-electron chi connectivity index (χ4n) is 3.54. The predicted octanol–water partition coefficient (Wildman–Crippen LogP) is 4.24. The maximum absolute atomic E-state index is 14.0. The van der Waals surface area contributed by atoms with Crippen molar-refractivity contribution in [2.24, 2.45) is 0 Å². The lowest BCUT2D eigenvalue weighted by Crippen LogP contribution is -2.27. The molecule has 40 heavy (non-hydrogen) atoms. The number of benzene rings is 3. The fourth-order valence-corrected chi connectivity index (χ4v) is 3.54. The molecule has 0 aliphatic heterocycles. The number of carbonyl (C=O) groups is 1. The van der Waals surface area contributed by atoms with Crippen LogP contribution in [0.4, 0.5) is 27.9 Å². The van der Waals surface area contributed by atoms with Crippen LogP contribution < -0.4 is 21.3 Å². The molecule has 0 fully saturated rings. The molecule has 1 aromatic heterocycles. The summed E-state index contributed by atoms with van der Waals surface area (Å²) in [6.07, 6.45) is 0. The minimum Gasteiger partial charge on any atom is -0.377 e. The number of nitrogens with one attached hydrogen (secondary N) is 4. The summed E-state index contributed by atoms with van der Waals surface area (Å²) in [4.78, 5) is 25.2. The van der Waals surface area contributed by atoms with E-state index in [1.807, 2.05) is 48.5 Å². The van der Waals surface area contributed by atoms with Gasteiger partial charge in [0.1, 0.15) is 5.82 Å². The van der Waals surface area contributed by atoms with Gasteiger partial charge in [-0.3, -0.25) is 4.79 Å². The van der Waals surface area contributed by atoms with E-state index in [9.17, 15) is 9.18 Å². The molecule has 0 saturated heterocycles. The first-order valence-corrected chi connectivity index (χ1v) is 13.0. The number of amides is 1. The molecule has 10 nitrogen and oxygen atoms in total. The summed E-state index contributed by atoms with van der Waals surface area (Å²) >= 11 is 0. The molecule has 1 amide bonds. The van der Waals surface area contributed by atoms with Crippen molar-refractivity contribution in [3.05, 3.63) is 102 Å². The highest BCUT2D eigenvalue weighted by molar-refractivity contribution is 5.94. The topological polar surface area (TPSA) is 122 Å². The molecule has 208 valence electrons. The zero-order valence-corrected chi connectivity index (χ0v) is 22.0. The van der Waals surface area contributed by atoms with Gasteiger partial charge >= 0.3 is 0 Å². The van der Waals surface area contributed by atoms with Crippen molar-refractivity contribution < 1.29 is 18.7 Å². The summed E-state index contributed by atoms with van der Waals surface area (Å²) in [7, 11) is 0. The second kappa shape index (κ2) is 15.7. The van der Waals surface area contributed by atoms with Crippen LogP contribution >= 0.6 is 0 Å². The number of ether oxygens (including phenoxy) is 2. The van der Waals surface area contributed by atoms with Crippen molar-refractivity contribution in [3.63, 3.8) is 0 Å². The van der Waals surface area contributed by atoms with E-state index in [1.54, 1.807) is 30.3 Å². The van der Waals surface area contributed by atoms with Gasteiger partial charge in [0.25, 0.3) is 5.91 Å². The van der Waals surface area contributed by atoms with E-state index in [4.69, 9.17) is 9.47 Å². The summed E-state index contributed by atoms with van der Waals surface area (Å²) < 4.78 is 25.1. The van der Waals surface area contributed by atoms with E-state index in [1.165, 1.54) is 6.07 Å². The van der Waals surface area contributed by atoms with E-state index in [0.717, 1.165) is 5.69 Å². The summed E-state index contributed by atoms with van der Waals surface area (Å²) in [5.74, 6) is 0.556. The third-order valence-electron chi connectivity index (χ3n) is 5.53. The van der Waals surface area contributed by atoms with E-state index in [2.05, 4.69) is 36.2 Å². The highest BCUT2D eigenvalue weighted by Crippen LogP contribution is 2.16. The zero-order valence-electron chi connectivity index (χ0n) is 22.0. The molecule has 4 aromatic rings. The van der Waals surface area contributed by atoms with E-state index in [-0.39, 0.29) is 18.3 Å². The first-order valence-electron chi connectivity index (χ1n) is 13.0. The lowest BCUT2D eigenvalue weighted by molar-refractivity contribution is 0.0519. The molecule has 0 aliphatic carbocycles. The Hall–Kier alpha value is -4.61. The molecule has 0 bridgehead atoms. The first kappa shape index (κ1) is 28.4. The fraction of sp³-hybridized carbons (Fsp3) is 0.241. The van der Waals surface area contributed by atoms with Crippen LogP contribution in [-0.2, 0) is 16.0 Å². The van der Waals surface area contributed by atoms with Crippen LogP contribution in [-0.4, -0.2) is 60.4 Å². The molecule has 4 N–H and O–H groups in total. The van der Waals surface area contributed by atoms with E-state index < -0.39 is 0 Å². The molecule has 3 aromatic carbocycles. The second-order valence-corrected chi connectivity index (χ2v) is 8.52. The third-order valence-corrected chi connectivity index (χ3v) is 5.53. The maximum atomic E-state index is 14.0. The number of aromatic nitrogens is 3.